The number of hydrogen-bond donors (Lipinski definition) is 2. The second-order valence-corrected chi connectivity index (χ2v) is 6.89. The van der Waals surface area contributed by atoms with Gasteiger partial charge in [-0.1, -0.05) is 54.6 Å². The van der Waals surface area contributed by atoms with E-state index in [0.29, 0.717) is 0 Å². The molecule has 132 valence electrons. The molecule has 6 rings (SSSR count). The minimum absolute atomic E-state index is 0.405. The largest absolute Gasteiger partial charge is 0.464 e. The van der Waals surface area contributed by atoms with Crippen LogP contribution in [0.2, 0.25) is 0 Å². The molecule has 2 N–H and O–H groups in total. The molecule has 3 nitrogen and oxygen atoms in total. The van der Waals surface area contributed by atoms with Crippen LogP contribution in [0.3, 0.4) is 0 Å². The molecule has 1 aromatic heterocycles. The number of rotatable bonds is 0. The monoisotopic (exact) mass is 352 g/mol. The van der Waals surface area contributed by atoms with Crippen LogP contribution in [0, 0.1) is 0 Å². The third-order valence-electron chi connectivity index (χ3n) is 5.02. The van der Waals surface area contributed by atoms with E-state index >= 15 is 0 Å². The molecule has 0 fully saturated rings. The Bertz CT molecular complexity index is 1070. The first-order valence-electron chi connectivity index (χ1n) is 9.17. The molecule has 3 heteroatoms. The number of anilines is 1. The first-order valence-corrected chi connectivity index (χ1v) is 9.17. The second kappa shape index (κ2) is 6.36. The molecule has 1 spiro atoms. The van der Waals surface area contributed by atoms with E-state index in [1.165, 1.54) is 22.2 Å². The van der Waals surface area contributed by atoms with Gasteiger partial charge in [0, 0.05) is 29.4 Å². The first kappa shape index (κ1) is 15.8. The molecule has 1 atom stereocenters. The predicted molar refractivity (Wildman–Crippen MR) is 111 cm³/mol. The molecule has 0 aliphatic carbocycles. The summed E-state index contributed by atoms with van der Waals surface area (Å²) in [6.45, 7) is 0. The lowest BCUT2D eigenvalue weighted by atomic mass is 10.0. The molecule has 3 aromatic carbocycles. The Balaban J connectivity index is 0.000000149. The van der Waals surface area contributed by atoms with Crippen LogP contribution < -0.4 is 10.1 Å². The average molecular weight is 352 g/mol. The van der Waals surface area contributed by atoms with Crippen molar-refractivity contribution in [2.45, 2.75) is 12.1 Å². The molecule has 4 aromatic rings. The van der Waals surface area contributed by atoms with Crippen molar-refractivity contribution in [3.05, 3.63) is 102 Å². The third-order valence-corrected chi connectivity index (χ3v) is 5.02. The van der Waals surface area contributed by atoms with E-state index in [1.54, 1.807) is 0 Å². The van der Waals surface area contributed by atoms with Crippen LogP contribution in [0.1, 0.15) is 11.1 Å². The third kappa shape index (κ3) is 2.97. The zero-order chi connectivity index (χ0) is 18.1. The van der Waals surface area contributed by atoms with E-state index in [1.807, 2.05) is 42.6 Å². The van der Waals surface area contributed by atoms with E-state index in [0.717, 1.165) is 17.7 Å². The molecular weight excluding hydrogens is 332 g/mol. The van der Waals surface area contributed by atoms with Gasteiger partial charge in [-0.05, 0) is 47.4 Å². The number of nitrogens with one attached hydrogen (secondary N) is 2. The van der Waals surface area contributed by atoms with Crippen molar-refractivity contribution in [1.82, 2.24) is 4.98 Å². The van der Waals surface area contributed by atoms with Crippen molar-refractivity contribution >= 4 is 22.7 Å². The van der Waals surface area contributed by atoms with Crippen LogP contribution in [0.15, 0.2) is 91.1 Å². The van der Waals surface area contributed by atoms with Gasteiger partial charge in [-0.2, -0.15) is 0 Å². The van der Waals surface area contributed by atoms with Gasteiger partial charge in [-0.25, -0.2) is 0 Å². The summed E-state index contributed by atoms with van der Waals surface area (Å²) in [7, 11) is 0. The molecule has 0 saturated heterocycles. The molecule has 2 aliphatic heterocycles. The number of para-hydroxylation sites is 3. The van der Waals surface area contributed by atoms with Crippen LogP contribution in [-0.4, -0.2) is 10.7 Å². The van der Waals surface area contributed by atoms with E-state index in [-0.39, 0.29) is 0 Å². The Hall–Kier alpha value is -3.46. The van der Waals surface area contributed by atoms with E-state index in [4.69, 9.17) is 4.74 Å². The standard InChI is InChI=1S/C16H13NO.C8H7N/c1-3-7-14-13(6-1)11-16(17-14)10-9-12-5-2-4-8-15(12)18-16;1-2-4-8-7(3-1)5-6-9-8/h1-10,17H,11H2;1-6,9H. The molecule has 0 radical (unpaired) electrons. The van der Waals surface area contributed by atoms with Crippen molar-refractivity contribution in [3.63, 3.8) is 0 Å². The molecule has 27 heavy (non-hydrogen) atoms. The lowest BCUT2D eigenvalue weighted by Crippen LogP contribution is -2.41. The highest BCUT2D eigenvalue weighted by molar-refractivity contribution is 5.78. The quantitative estimate of drug-likeness (QED) is 0.431. The van der Waals surface area contributed by atoms with Crippen molar-refractivity contribution in [2.24, 2.45) is 0 Å². The van der Waals surface area contributed by atoms with Crippen molar-refractivity contribution in [2.75, 3.05) is 5.32 Å². The summed E-state index contributed by atoms with van der Waals surface area (Å²) in [6.07, 6.45) is 7.08. The number of hydrogen-bond acceptors (Lipinski definition) is 2. The van der Waals surface area contributed by atoms with Gasteiger partial charge in [-0.3, -0.25) is 0 Å². The Morgan fingerprint density at radius 2 is 1.63 bits per heavy atom. The lowest BCUT2D eigenvalue weighted by Gasteiger charge is -2.31. The maximum absolute atomic E-state index is 6.16. The predicted octanol–water partition coefficient (Wildman–Crippen LogP) is 5.62. The van der Waals surface area contributed by atoms with Crippen molar-refractivity contribution < 1.29 is 4.74 Å². The van der Waals surface area contributed by atoms with Crippen LogP contribution in [-0.2, 0) is 6.42 Å². The van der Waals surface area contributed by atoms with Gasteiger partial charge in [0.15, 0.2) is 0 Å². The Labute approximate surface area is 158 Å². The zero-order valence-electron chi connectivity index (χ0n) is 14.9. The van der Waals surface area contributed by atoms with Gasteiger partial charge in [0.1, 0.15) is 5.75 Å². The number of aromatic amines is 1. The van der Waals surface area contributed by atoms with Gasteiger partial charge in [0.2, 0.25) is 5.72 Å². The van der Waals surface area contributed by atoms with Gasteiger partial charge in [0.05, 0.1) is 0 Å². The van der Waals surface area contributed by atoms with Crippen LogP contribution in [0.4, 0.5) is 5.69 Å². The van der Waals surface area contributed by atoms with E-state index < -0.39 is 5.72 Å². The Morgan fingerprint density at radius 3 is 2.56 bits per heavy atom. The lowest BCUT2D eigenvalue weighted by molar-refractivity contribution is 0.155. The van der Waals surface area contributed by atoms with Gasteiger partial charge < -0.3 is 15.0 Å². The maximum atomic E-state index is 6.16. The number of H-pyrrole nitrogens is 1. The molecule has 2 aliphatic rings. The summed E-state index contributed by atoms with van der Waals surface area (Å²) in [6, 6.07) is 26.8. The Morgan fingerprint density at radius 1 is 0.815 bits per heavy atom. The van der Waals surface area contributed by atoms with Crippen LogP contribution >= 0.6 is 0 Å². The SMILES string of the molecule is C1=CC2(Cc3ccccc3N2)Oc2ccccc21.c1ccc2[nH]ccc2c1. The van der Waals surface area contributed by atoms with E-state index in [2.05, 4.69) is 64.9 Å². The average Bonchev–Trinajstić information content (AvgIpc) is 3.32. The molecular formula is C24H20N2O. The zero-order valence-corrected chi connectivity index (χ0v) is 14.9. The molecule has 3 heterocycles. The first-order chi connectivity index (χ1) is 13.3. The molecule has 0 bridgehead atoms. The minimum Gasteiger partial charge on any atom is -0.464 e. The fourth-order valence-corrected chi connectivity index (χ4v) is 3.67. The Kier molecular flexibility index (Phi) is 3.72. The molecule has 1 unspecified atom stereocenters. The topological polar surface area (TPSA) is 37.0 Å². The minimum atomic E-state index is -0.405. The highest BCUT2D eigenvalue weighted by atomic mass is 16.5. The summed E-state index contributed by atoms with van der Waals surface area (Å²) in [5, 5.41) is 4.76. The van der Waals surface area contributed by atoms with E-state index in [9.17, 15) is 0 Å². The summed E-state index contributed by atoms with van der Waals surface area (Å²) in [4.78, 5) is 3.12. The fraction of sp³-hybridized carbons (Fsp3) is 0.0833. The van der Waals surface area contributed by atoms with Crippen molar-refractivity contribution in [3.8, 4) is 5.75 Å². The fourth-order valence-electron chi connectivity index (χ4n) is 3.67. The number of ether oxygens (including phenoxy) is 1. The maximum Gasteiger partial charge on any atom is 0.204 e. The van der Waals surface area contributed by atoms with Crippen LogP contribution in [0.25, 0.3) is 17.0 Å². The summed E-state index contributed by atoms with van der Waals surface area (Å²) >= 11 is 0. The summed E-state index contributed by atoms with van der Waals surface area (Å²) in [5.74, 6) is 0.945. The molecule has 0 saturated carbocycles. The second-order valence-electron chi connectivity index (χ2n) is 6.89. The van der Waals surface area contributed by atoms with Gasteiger partial charge >= 0.3 is 0 Å². The molecule has 0 amide bonds. The summed E-state index contributed by atoms with van der Waals surface area (Å²) < 4.78 is 6.16. The highest BCUT2D eigenvalue weighted by Gasteiger charge is 2.38. The van der Waals surface area contributed by atoms with Crippen molar-refractivity contribution in [1.29, 1.82) is 0 Å². The van der Waals surface area contributed by atoms with Gasteiger partial charge in [0.25, 0.3) is 0 Å². The highest BCUT2D eigenvalue weighted by Crippen LogP contribution is 2.39. The number of fused-ring (bicyclic) bond motifs is 3. The summed E-state index contributed by atoms with van der Waals surface area (Å²) in [5.41, 5.74) is 4.42. The smallest absolute Gasteiger partial charge is 0.204 e. The van der Waals surface area contributed by atoms with Crippen LogP contribution in [0.5, 0.6) is 5.75 Å². The number of aromatic nitrogens is 1. The number of benzene rings is 3. The normalized spacial score (nSPS) is 18.8. The van der Waals surface area contributed by atoms with Gasteiger partial charge in [-0.15, -0.1) is 0 Å².